The lowest BCUT2D eigenvalue weighted by Gasteiger charge is -1.98. The van der Waals surface area contributed by atoms with Gasteiger partial charge in [0, 0.05) is 0 Å². The molecule has 64 valence electrons. The maximum absolute atomic E-state index is 10.6. The number of aliphatic carboxylic acids is 1. The predicted molar refractivity (Wildman–Crippen MR) is 38.0 cm³/mol. The first kappa shape index (κ1) is 8.25. The maximum Gasteiger partial charge on any atom is 0.341 e. The van der Waals surface area contributed by atoms with E-state index in [0.717, 1.165) is 12.4 Å². The van der Waals surface area contributed by atoms with Gasteiger partial charge in [0.05, 0.1) is 12.4 Å². The van der Waals surface area contributed by atoms with Crippen LogP contribution in [0.5, 0.6) is 5.88 Å². The highest BCUT2D eigenvalue weighted by molar-refractivity contribution is 5.68. The van der Waals surface area contributed by atoms with Gasteiger partial charge in [0.1, 0.15) is 0 Å². The maximum atomic E-state index is 10.6. The zero-order chi connectivity index (χ0) is 8.97. The van der Waals surface area contributed by atoms with E-state index >= 15 is 0 Å². The van der Waals surface area contributed by atoms with E-state index in [-0.39, 0.29) is 11.4 Å². The molecule has 0 saturated heterocycles. The summed E-state index contributed by atoms with van der Waals surface area (Å²) in [5.74, 6) is -1.11. The Morgan fingerprint density at radius 2 is 2.50 bits per heavy atom. The molecular weight excluding hydrogens is 164 g/mol. The quantitative estimate of drug-likeness (QED) is 0.621. The summed E-state index contributed by atoms with van der Waals surface area (Å²) in [5, 5.41) is 8.21. The Morgan fingerprint density at radius 3 is 3.08 bits per heavy atom. The number of H-pyrrole nitrogens is 1. The van der Waals surface area contributed by atoms with Gasteiger partial charge in [-0.05, 0) is 0 Å². The summed E-state index contributed by atoms with van der Waals surface area (Å²) in [6.07, 6.45) is 1.14. The van der Waals surface area contributed by atoms with E-state index in [2.05, 4.69) is 14.7 Å². The zero-order valence-corrected chi connectivity index (χ0v) is 5.98. The summed E-state index contributed by atoms with van der Waals surface area (Å²) in [6, 6.07) is 1.07. The summed E-state index contributed by atoms with van der Waals surface area (Å²) in [6.45, 7) is -0.504. The molecule has 2 N–H and O–H groups in total. The third-order valence-corrected chi connectivity index (χ3v) is 0.997. The molecule has 0 radical (unpaired) electrons. The lowest BCUT2D eigenvalue weighted by molar-refractivity contribution is -0.139. The third-order valence-electron chi connectivity index (χ3n) is 0.997. The minimum Gasteiger partial charge on any atom is -0.479 e. The minimum absolute atomic E-state index is 0.00106. The smallest absolute Gasteiger partial charge is 0.341 e. The Bertz CT molecular complexity index is 332. The minimum atomic E-state index is -1.11. The standard InChI is InChI=1S/C6H6N2O4/c9-4-1-5(8-3-7-4)12-2-6(10)11/h1,3H,2H2,(H,10,11)(H,7,8,9). The summed E-state index contributed by atoms with van der Waals surface area (Å²) in [7, 11) is 0. The van der Waals surface area contributed by atoms with Crippen molar-refractivity contribution < 1.29 is 14.6 Å². The molecule has 6 nitrogen and oxygen atoms in total. The fourth-order valence-corrected chi connectivity index (χ4v) is 0.565. The Balaban J connectivity index is 2.64. The Morgan fingerprint density at radius 1 is 1.75 bits per heavy atom. The van der Waals surface area contributed by atoms with Crippen molar-refractivity contribution in [2.75, 3.05) is 6.61 Å². The van der Waals surface area contributed by atoms with E-state index in [0.29, 0.717) is 0 Å². The molecule has 0 aliphatic carbocycles. The number of aromatic amines is 1. The number of nitrogens with zero attached hydrogens (tertiary/aromatic N) is 1. The number of hydrogen-bond acceptors (Lipinski definition) is 4. The van der Waals surface area contributed by atoms with Crippen LogP contribution in [-0.2, 0) is 4.79 Å². The molecule has 1 aromatic rings. The highest BCUT2D eigenvalue weighted by atomic mass is 16.5. The van der Waals surface area contributed by atoms with Gasteiger partial charge in [0.25, 0.3) is 5.56 Å². The second-order valence-corrected chi connectivity index (χ2v) is 1.93. The van der Waals surface area contributed by atoms with Crippen molar-refractivity contribution in [3.8, 4) is 5.88 Å². The molecule has 0 aromatic carbocycles. The number of nitrogens with one attached hydrogen (secondary N) is 1. The molecule has 0 bridgehead atoms. The third kappa shape index (κ3) is 2.41. The van der Waals surface area contributed by atoms with Crippen molar-refractivity contribution in [3.63, 3.8) is 0 Å². The lowest BCUT2D eigenvalue weighted by Crippen LogP contribution is -2.12. The van der Waals surface area contributed by atoms with Crippen LogP contribution in [0.1, 0.15) is 0 Å². The molecule has 1 heterocycles. The first-order chi connectivity index (χ1) is 5.68. The van der Waals surface area contributed by atoms with Gasteiger partial charge in [-0.15, -0.1) is 0 Å². The van der Waals surface area contributed by atoms with E-state index in [4.69, 9.17) is 5.11 Å². The highest BCUT2D eigenvalue weighted by Gasteiger charge is 1.99. The van der Waals surface area contributed by atoms with Gasteiger partial charge >= 0.3 is 5.97 Å². The van der Waals surface area contributed by atoms with Gasteiger partial charge in [0.2, 0.25) is 5.88 Å². The second kappa shape index (κ2) is 3.51. The molecule has 0 unspecified atom stereocenters. The van der Waals surface area contributed by atoms with Crippen LogP contribution in [0.4, 0.5) is 0 Å². The summed E-state index contributed by atoms with van der Waals surface area (Å²) in [4.78, 5) is 26.5. The first-order valence-electron chi connectivity index (χ1n) is 3.08. The van der Waals surface area contributed by atoms with Gasteiger partial charge in [-0.25, -0.2) is 9.78 Å². The number of ether oxygens (including phenoxy) is 1. The SMILES string of the molecule is O=C(O)COc1cc(=O)[nH]cn1. The topological polar surface area (TPSA) is 92.3 Å². The normalized spacial score (nSPS) is 9.33. The van der Waals surface area contributed by atoms with Gasteiger partial charge < -0.3 is 14.8 Å². The molecule has 6 heteroatoms. The van der Waals surface area contributed by atoms with Crippen molar-refractivity contribution in [1.82, 2.24) is 9.97 Å². The van der Waals surface area contributed by atoms with Crippen molar-refractivity contribution >= 4 is 5.97 Å². The van der Waals surface area contributed by atoms with Crippen molar-refractivity contribution in [2.24, 2.45) is 0 Å². The van der Waals surface area contributed by atoms with Crippen LogP contribution in [0.25, 0.3) is 0 Å². The second-order valence-electron chi connectivity index (χ2n) is 1.93. The molecule has 1 rings (SSSR count). The fraction of sp³-hybridized carbons (Fsp3) is 0.167. The van der Waals surface area contributed by atoms with Crippen molar-refractivity contribution in [3.05, 3.63) is 22.7 Å². The molecule has 0 aliphatic heterocycles. The molecule has 12 heavy (non-hydrogen) atoms. The van der Waals surface area contributed by atoms with Crippen LogP contribution in [-0.4, -0.2) is 27.7 Å². The van der Waals surface area contributed by atoms with Crippen molar-refractivity contribution in [2.45, 2.75) is 0 Å². The molecule has 0 saturated carbocycles. The van der Waals surface area contributed by atoms with Crippen LogP contribution in [0.15, 0.2) is 17.2 Å². The Hall–Kier alpha value is -1.85. The van der Waals surface area contributed by atoms with E-state index in [1.807, 2.05) is 0 Å². The van der Waals surface area contributed by atoms with E-state index in [1.165, 1.54) is 0 Å². The van der Waals surface area contributed by atoms with Gasteiger partial charge in [0.15, 0.2) is 6.61 Å². The monoisotopic (exact) mass is 170 g/mol. The molecule has 0 fully saturated rings. The van der Waals surface area contributed by atoms with Gasteiger partial charge in [-0.3, -0.25) is 4.79 Å². The summed E-state index contributed by atoms with van der Waals surface area (Å²) < 4.78 is 4.62. The largest absolute Gasteiger partial charge is 0.479 e. The highest BCUT2D eigenvalue weighted by Crippen LogP contribution is 1.97. The van der Waals surface area contributed by atoms with E-state index < -0.39 is 12.6 Å². The zero-order valence-electron chi connectivity index (χ0n) is 5.98. The Kier molecular flexibility index (Phi) is 2.42. The fourth-order valence-electron chi connectivity index (χ4n) is 0.565. The van der Waals surface area contributed by atoms with E-state index in [9.17, 15) is 9.59 Å². The van der Waals surface area contributed by atoms with Crippen LogP contribution in [0.2, 0.25) is 0 Å². The number of carbonyl (C=O) groups is 1. The first-order valence-corrected chi connectivity index (χ1v) is 3.08. The summed E-state index contributed by atoms with van der Waals surface area (Å²) >= 11 is 0. The van der Waals surface area contributed by atoms with E-state index in [1.54, 1.807) is 0 Å². The van der Waals surface area contributed by atoms with Crippen molar-refractivity contribution in [1.29, 1.82) is 0 Å². The van der Waals surface area contributed by atoms with Crippen LogP contribution in [0, 0.1) is 0 Å². The molecule has 0 amide bonds. The van der Waals surface area contributed by atoms with Crippen LogP contribution >= 0.6 is 0 Å². The van der Waals surface area contributed by atoms with Gasteiger partial charge in [-0.1, -0.05) is 0 Å². The molecule has 0 atom stereocenters. The molecule has 0 spiro atoms. The molecular formula is C6H6N2O4. The average Bonchev–Trinajstić information content (AvgIpc) is 2.01. The molecule has 0 aliphatic rings. The number of carboxylic acids is 1. The predicted octanol–water partition coefficient (Wildman–Crippen LogP) is -0.767. The van der Waals surface area contributed by atoms with Crippen LogP contribution < -0.4 is 10.3 Å². The number of aromatic nitrogens is 2. The summed E-state index contributed by atoms with van der Waals surface area (Å²) in [5.41, 5.74) is -0.384. The number of carboxylic acid groups (broad SMARTS) is 1. The number of hydrogen-bond donors (Lipinski definition) is 2. The molecule has 1 aromatic heterocycles. The van der Waals surface area contributed by atoms with Gasteiger partial charge in [-0.2, -0.15) is 0 Å². The Labute approximate surface area is 66.8 Å². The lowest BCUT2D eigenvalue weighted by atomic mass is 10.6. The average molecular weight is 170 g/mol. The van der Waals surface area contributed by atoms with Crippen LogP contribution in [0.3, 0.4) is 0 Å². The number of rotatable bonds is 3.